The van der Waals surface area contributed by atoms with Crippen LogP contribution in [0.4, 0.5) is 0 Å². The Balaban J connectivity index is 2.02. The number of aromatic nitrogens is 1. The van der Waals surface area contributed by atoms with Gasteiger partial charge in [-0.05, 0) is 19.8 Å². The summed E-state index contributed by atoms with van der Waals surface area (Å²) < 4.78 is 29.1. The fourth-order valence-corrected chi connectivity index (χ4v) is 4.17. The van der Waals surface area contributed by atoms with Crippen LogP contribution in [-0.2, 0) is 22.7 Å². The van der Waals surface area contributed by atoms with Crippen LogP contribution in [0.5, 0.6) is 0 Å². The van der Waals surface area contributed by atoms with Gasteiger partial charge in [0.25, 0.3) is 0 Å². The van der Waals surface area contributed by atoms with Crippen LogP contribution in [0.1, 0.15) is 37.8 Å². The van der Waals surface area contributed by atoms with Crippen molar-refractivity contribution in [2.75, 3.05) is 5.75 Å². The summed E-state index contributed by atoms with van der Waals surface area (Å²) in [6.07, 6.45) is 5.08. The van der Waals surface area contributed by atoms with E-state index in [1.54, 1.807) is 6.26 Å². The maximum atomic E-state index is 11.9. The highest BCUT2D eigenvalue weighted by atomic mass is 32.2. The van der Waals surface area contributed by atoms with Crippen LogP contribution in [0.3, 0.4) is 0 Å². The van der Waals surface area contributed by atoms with Gasteiger partial charge in [0.1, 0.15) is 6.26 Å². The predicted octanol–water partition coefficient (Wildman–Crippen LogP) is 1.07. The van der Waals surface area contributed by atoms with E-state index in [1.165, 1.54) is 0 Å². The Morgan fingerprint density at radius 2 is 2.33 bits per heavy atom. The SMILES string of the molecule is CC(N)Cc1coc(CC2CCCCS2(=O)=O)n1. The van der Waals surface area contributed by atoms with E-state index in [-0.39, 0.29) is 11.3 Å². The van der Waals surface area contributed by atoms with Crippen molar-refractivity contribution in [3.8, 4) is 0 Å². The first-order valence-electron chi connectivity index (χ1n) is 6.38. The number of nitrogens with two attached hydrogens (primary N) is 1. The first kappa shape index (κ1) is 13.5. The molecule has 6 heteroatoms. The maximum absolute atomic E-state index is 11.9. The molecule has 2 heterocycles. The zero-order valence-electron chi connectivity index (χ0n) is 10.6. The van der Waals surface area contributed by atoms with E-state index in [1.807, 2.05) is 6.92 Å². The normalized spacial score (nSPS) is 24.9. The first-order valence-corrected chi connectivity index (χ1v) is 8.09. The molecule has 1 aliphatic rings. The summed E-state index contributed by atoms with van der Waals surface area (Å²) in [6, 6.07) is 0.0290. The summed E-state index contributed by atoms with van der Waals surface area (Å²) >= 11 is 0. The van der Waals surface area contributed by atoms with Gasteiger partial charge in [0.05, 0.1) is 16.7 Å². The quantitative estimate of drug-likeness (QED) is 0.886. The minimum absolute atomic E-state index is 0.0290. The third kappa shape index (κ3) is 3.32. The van der Waals surface area contributed by atoms with Crippen molar-refractivity contribution in [2.24, 2.45) is 5.73 Å². The van der Waals surface area contributed by atoms with Gasteiger partial charge in [-0.25, -0.2) is 13.4 Å². The van der Waals surface area contributed by atoms with Crippen molar-refractivity contribution >= 4 is 9.84 Å². The van der Waals surface area contributed by atoms with E-state index < -0.39 is 9.84 Å². The fourth-order valence-electron chi connectivity index (χ4n) is 2.31. The van der Waals surface area contributed by atoms with E-state index in [2.05, 4.69) is 4.98 Å². The van der Waals surface area contributed by atoms with Crippen LogP contribution in [-0.4, -0.2) is 30.4 Å². The molecule has 1 saturated heterocycles. The van der Waals surface area contributed by atoms with E-state index in [4.69, 9.17) is 10.2 Å². The third-order valence-electron chi connectivity index (χ3n) is 3.25. The smallest absolute Gasteiger partial charge is 0.195 e. The Morgan fingerprint density at radius 3 is 3.00 bits per heavy atom. The van der Waals surface area contributed by atoms with Crippen LogP contribution < -0.4 is 5.73 Å². The van der Waals surface area contributed by atoms with Crippen molar-refractivity contribution in [2.45, 2.75) is 50.3 Å². The van der Waals surface area contributed by atoms with E-state index >= 15 is 0 Å². The molecule has 1 aliphatic heterocycles. The van der Waals surface area contributed by atoms with Crippen molar-refractivity contribution in [1.29, 1.82) is 0 Å². The topological polar surface area (TPSA) is 86.2 Å². The van der Waals surface area contributed by atoms with Crippen molar-refractivity contribution < 1.29 is 12.8 Å². The zero-order valence-corrected chi connectivity index (χ0v) is 11.4. The molecule has 5 nitrogen and oxygen atoms in total. The molecule has 0 amide bonds. The van der Waals surface area contributed by atoms with Gasteiger partial charge < -0.3 is 10.2 Å². The van der Waals surface area contributed by atoms with E-state index in [0.717, 1.165) is 18.5 Å². The van der Waals surface area contributed by atoms with Crippen molar-refractivity contribution in [1.82, 2.24) is 4.98 Å². The molecular weight excluding hydrogens is 252 g/mol. The number of hydrogen-bond donors (Lipinski definition) is 1. The number of nitrogens with zero attached hydrogens (tertiary/aromatic N) is 1. The van der Waals surface area contributed by atoms with E-state index in [9.17, 15) is 8.42 Å². The standard InChI is InChI=1S/C12H20N2O3S/c1-9(13)6-10-8-17-12(14-10)7-11-4-2-3-5-18(11,15)16/h8-9,11H,2-7,13H2,1H3. The zero-order chi connectivity index (χ0) is 13.2. The molecule has 0 aliphatic carbocycles. The summed E-state index contributed by atoms with van der Waals surface area (Å²) in [5, 5.41) is -0.326. The van der Waals surface area contributed by atoms with Gasteiger partial charge in [-0.15, -0.1) is 0 Å². The lowest BCUT2D eigenvalue weighted by atomic mass is 10.1. The van der Waals surface area contributed by atoms with Crippen molar-refractivity contribution in [3.63, 3.8) is 0 Å². The highest BCUT2D eigenvalue weighted by molar-refractivity contribution is 7.92. The molecular formula is C12H20N2O3S. The van der Waals surface area contributed by atoms with Crippen LogP contribution in [0.2, 0.25) is 0 Å². The molecule has 2 unspecified atom stereocenters. The van der Waals surface area contributed by atoms with Gasteiger partial charge in [-0.2, -0.15) is 0 Å². The minimum Gasteiger partial charge on any atom is -0.449 e. The second kappa shape index (κ2) is 5.40. The predicted molar refractivity (Wildman–Crippen MR) is 69.0 cm³/mol. The van der Waals surface area contributed by atoms with Crippen LogP contribution >= 0.6 is 0 Å². The molecule has 2 rings (SSSR count). The lowest BCUT2D eigenvalue weighted by Gasteiger charge is -2.20. The molecule has 1 aromatic rings. The van der Waals surface area contributed by atoms with E-state index in [0.29, 0.717) is 30.9 Å². The third-order valence-corrected chi connectivity index (χ3v) is 5.52. The average Bonchev–Trinajstić information content (AvgIpc) is 2.68. The molecule has 1 aromatic heterocycles. The second-order valence-corrected chi connectivity index (χ2v) is 7.50. The highest BCUT2D eigenvalue weighted by Crippen LogP contribution is 2.22. The molecule has 102 valence electrons. The highest BCUT2D eigenvalue weighted by Gasteiger charge is 2.30. The summed E-state index contributed by atoms with van der Waals surface area (Å²) in [6.45, 7) is 1.90. The Morgan fingerprint density at radius 1 is 1.56 bits per heavy atom. The Hall–Kier alpha value is -0.880. The summed E-state index contributed by atoms with van der Waals surface area (Å²) in [5.74, 6) is 0.812. The molecule has 0 radical (unpaired) electrons. The van der Waals surface area contributed by atoms with Gasteiger partial charge >= 0.3 is 0 Å². The van der Waals surface area contributed by atoms with Gasteiger partial charge in [0, 0.05) is 18.9 Å². The second-order valence-electron chi connectivity index (χ2n) is 5.10. The summed E-state index contributed by atoms with van der Waals surface area (Å²) in [7, 11) is -2.96. The fraction of sp³-hybridized carbons (Fsp3) is 0.750. The minimum atomic E-state index is -2.96. The Kier molecular flexibility index (Phi) is 4.07. The van der Waals surface area contributed by atoms with Gasteiger partial charge in [0.15, 0.2) is 15.7 Å². The number of rotatable bonds is 4. The first-order chi connectivity index (χ1) is 8.47. The van der Waals surface area contributed by atoms with Crippen LogP contribution in [0.25, 0.3) is 0 Å². The number of oxazole rings is 1. The Bertz CT molecular complexity index is 493. The van der Waals surface area contributed by atoms with Gasteiger partial charge in [0.2, 0.25) is 0 Å². The molecule has 2 N–H and O–H groups in total. The van der Waals surface area contributed by atoms with Crippen LogP contribution in [0, 0.1) is 0 Å². The van der Waals surface area contributed by atoms with Gasteiger partial charge in [-0.1, -0.05) is 6.42 Å². The van der Waals surface area contributed by atoms with Gasteiger partial charge in [-0.3, -0.25) is 0 Å². The maximum Gasteiger partial charge on any atom is 0.195 e. The molecule has 0 spiro atoms. The largest absolute Gasteiger partial charge is 0.449 e. The molecule has 0 bridgehead atoms. The Labute approximate surface area is 108 Å². The number of hydrogen-bond acceptors (Lipinski definition) is 5. The lowest BCUT2D eigenvalue weighted by Crippen LogP contribution is -2.30. The van der Waals surface area contributed by atoms with Crippen molar-refractivity contribution in [3.05, 3.63) is 17.8 Å². The molecule has 0 aromatic carbocycles. The van der Waals surface area contributed by atoms with Crippen LogP contribution in [0.15, 0.2) is 10.7 Å². The summed E-state index contributed by atoms with van der Waals surface area (Å²) in [5.41, 5.74) is 6.48. The number of sulfone groups is 1. The summed E-state index contributed by atoms with van der Waals surface area (Å²) in [4.78, 5) is 4.30. The molecule has 18 heavy (non-hydrogen) atoms. The monoisotopic (exact) mass is 272 g/mol. The average molecular weight is 272 g/mol. The molecule has 1 fully saturated rings. The molecule has 0 saturated carbocycles. The lowest BCUT2D eigenvalue weighted by molar-refractivity contribution is 0.466. The molecule has 2 atom stereocenters.